The second-order valence-corrected chi connectivity index (χ2v) is 5.47. The molecule has 1 aliphatic heterocycles. The van der Waals surface area contributed by atoms with Crippen molar-refractivity contribution in [2.45, 2.75) is 25.8 Å². The standard InChI is InChI=1S/C17H22N2O3/c1-3-12-22-17(21)19-10-8-15(9-11-19)18-16(20)14-6-4-13(2)5-7-14/h3-7,15H,1,8-12H2,2H3,(H,18,20). The first kappa shape index (κ1) is 16.1. The van der Waals surface area contributed by atoms with Crippen LogP contribution < -0.4 is 5.32 Å². The van der Waals surface area contributed by atoms with Gasteiger partial charge in [0.15, 0.2) is 0 Å². The average Bonchev–Trinajstić information content (AvgIpc) is 2.54. The number of likely N-dealkylation sites (tertiary alicyclic amines) is 1. The van der Waals surface area contributed by atoms with E-state index in [2.05, 4.69) is 11.9 Å². The summed E-state index contributed by atoms with van der Waals surface area (Å²) in [5.74, 6) is -0.0623. The molecule has 22 heavy (non-hydrogen) atoms. The van der Waals surface area contributed by atoms with Crippen molar-refractivity contribution in [3.8, 4) is 0 Å². The van der Waals surface area contributed by atoms with Crippen LogP contribution in [0, 0.1) is 6.92 Å². The van der Waals surface area contributed by atoms with Crippen LogP contribution in [0.3, 0.4) is 0 Å². The summed E-state index contributed by atoms with van der Waals surface area (Å²) in [6, 6.07) is 7.59. The van der Waals surface area contributed by atoms with Gasteiger partial charge in [-0.1, -0.05) is 30.4 Å². The second-order valence-electron chi connectivity index (χ2n) is 5.47. The maximum absolute atomic E-state index is 12.2. The average molecular weight is 302 g/mol. The van der Waals surface area contributed by atoms with Gasteiger partial charge < -0.3 is 15.0 Å². The molecule has 0 radical (unpaired) electrons. The van der Waals surface area contributed by atoms with Gasteiger partial charge in [-0.3, -0.25) is 4.79 Å². The van der Waals surface area contributed by atoms with Crippen LogP contribution in [0.4, 0.5) is 4.79 Å². The zero-order valence-corrected chi connectivity index (χ0v) is 12.9. The molecular formula is C17H22N2O3. The number of aryl methyl sites for hydroxylation is 1. The van der Waals surface area contributed by atoms with E-state index in [0.717, 1.165) is 18.4 Å². The van der Waals surface area contributed by atoms with E-state index in [9.17, 15) is 9.59 Å². The van der Waals surface area contributed by atoms with Gasteiger partial charge in [0.05, 0.1) is 0 Å². The molecule has 5 nitrogen and oxygen atoms in total. The molecule has 0 unspecified atom stereocenters. The predicted molar refractivity (Wildman–Crippen MR) is 84.8 cm³/mol. The van der Waals surface area contributed by atoms with Crippen LogP contribution >= 0.6 is 0 Å². The molecule has 118 valence electrons. The molecule has 1 saturated heterocycles. The molecule has 1 aromatic carbocycles. The molecule has 0 bridgehead atoms. The Morgan fingerprint density at radius 1 is 1.32 bits per heavy atom. The van der Waals surface area contributed by atoms with Gasteiger partial charge in [0.25, 0.3) is 5.91 Å². The molecular weight excluding hydrogens is 280 g/mol. The summed E-state index contributed by atoms with van der Waals surface area (Å²) in [6.07, 6.45) is 2.71. The van der Waals surface area contributed by atoms with Crippen LogP contribution in [0.1, 0.15) is 28.8 Å². The van der Waals surface area contributed by atoms with Crippen molar-refractivity contribution in [2.75, 3.05) is 19.7 Å². The number of rotatable bonds is 4. The summed E-state index contributed by atoms with van der Waals surface area (Å²) in [7, 11) is 0. The Morgan fingerprint density at radius 2 is 1.95 bits per heavy atom. The highest BCUT2D eigenvalue weighted by Crippen LogP contribution is 2.12. The van der Waals surface area contributed by atoms with Crippen LogP contribution in [0.25, 0.3) is 0 Å². The number of amides is 2. The van der Waals surface area contributed by atoms with Gasteiger partial charge in [0, 0.05) is 24.7 Å². The molecule has 0 aromatic heterocycles. The van der Waals surface area contributed by atoms with Gasteiger partial charge in [-0.15, -0.1) is 0 Å². The normalized spacial score (nSPS) is 15.2. The molecule has 0 spiro atoms. The van der Waals surface area contributed by atoms with Gasteiger partial charge in [-0.2, -0.15) is 0 Å². The number of nitrogens with one attached hydrogen (secondary N) is 1. The molecule has 2 amide bonds. The Balaban J connectivity index is 1.79. The number of carbonyl (C=O) groups is 2. The largest absolute Gasteiger partial charge is 0.445 e. The summed E-state index contributed by atoms with van der Waals surface area (Å²) >= 11 is 0. The minimum absolute atomic E-state index is 0.0623. The molecule has 0 aliphatic carbocycles. The summed E-state index contributed by atoms with van der Waals surface area (Å²) < 4.78 is 5.01. The van der Waals surface area contributed by atoms with Gasteiger partial charge in [-0.25, -0.2) is 4.79 Å². The number of hydrogen-bond donors (Lipinski definition) is 1. The van der Waals surface area contributed by atoms with Crippen molar-refractivity contribution < 1.29 is 14.3 Å². The lowest BCUT2D eigenvalue weighted by molar-refractivity contribution is 0.0874. The van der Waals surface area contributed by atoms with Crippen LogP contribution in [-0.2, 0) is 4.74 Å². The van der Waals surface area contributed by atoms with E-state index in [0.29, 0.717) is 18.7 Å². The minimum Gasteiger partial charge on any atom is -0.445 e. The Kier molecular flexibility index (Phi) is 5.58. The highest BCUT2D eigenvalue weighted by Gasteiger charge is 2.24. The minimum atomic E-state index is -0.316. The SMILES string of the molecule is C=CCOC(=O)N1CCC(NC(=O)c2ccc(C)cc2)CC1. The number of ether oxygens (including phenoxy) is 1. The third-order valence-electron chi connectivity index (χ3n) is 3.73. The fraction of sp³-hybridized carbons (Fsp3) is 0.412. The van der Waals surface area contributed by atoms with Crippen LogP contribution in [0.2, 0.25) is 0 Å². The highest BCUT2D eigenvalue weighted by atomic mass is 16.6. The number of piperidine rings is 1. The zero-order valence-electron chi connectivity index (χ0n) is 12.9. The van der Waals surface area contributed by atoms with Crippen molar-refractivity contribution in [3.63, 3.8) is 0 Å². The number of nitrogens with zero attached hydrogens (tertiary/aromatic N) is 1. The van der Waals surface area contributed by atoms with E-state index in [1.54, 1.807) is 11.0 Å². The second kappa shape index (κ2) is 7.64. The van der Waals surface area contributed by atoms with Crippen LogP contribution in [0.5, 0.6) is 0 Å². The number of benzene rings is 1. The Hall–Kier alpha value is -2.30. The van der Waals surface area contributed by atoms with Gasteiger partial charge in [0.2, 0.25) is 0 Å². The van der Waals surface area contributed by atoms with Gasteiger partial charge >= 0.3 is 6.09 Å². The van der Waals surface area contributed by atoms with Crippen molar-refractivity contribution >= 4 is 12.0 Å². The predicted octanol–water partition coefficient (Wildman–Crippen LogP) is 2.51. The third-order valence-corrected chi connectivity index (χ3v) is 3.73. The van der Waals surface area contributed by atoms with Crippen molar-refractivity contribution in [1.82, 2.24) is 10.2 Å². The lowest BCUT2D eigenvalue weighted by Crippen LogP contribution is -2.46. The van der Waals surface area contributed by atoms with Crippen molar-refractivity contribution in [3.05, 3.63) is 48.0 Å². The van der Waals surface area contributed by atoms with Gasteiger partial charge in [-0.05, 0) is 31.9 Å². The maximum Gasteiger partial charge on any atom is 0.410 e. The topological polar surface area (TPSA) is 58.6 Å². The van der Waals surface area contributed by atoms with E-state index in [-0.39, 0.29) is 24.6 Å². The third kappa shape index (κ3) is 4.35. The van der Waals surface area contributed by atoms with E-state index in [1.165, 1.54) is 0 Å². The maximum atomic E-state index is 12.2. The molecule has 5 heteroatoms. The monoisotopic (exact) mass is 302 g/mol. The van der Waals surface area contributed by atoms with Crippen molar-refractivity contribution in [2.24, 2.45) is 0 Å². The van der Waals surface area contributed by atoms with E-state index in [4.69, 9.17) is 4.74 Å². The van der Waals surface area contributed by atoms with E-state index < -0.39 is 0 Å². The first-order chi connectivity index (χ1) is 10.6. The number of carbonyl (C=O) groups excluding carboxylic acids is 2. The van der Waals surface area contributed by atoms with Crippen LogP contribution in [-0.4, -0.2) is 42.6 Å². The fourth-order valence-electron chi connectivity index (χ4n) is 2.40. The quantitative estimate of drug-likeness (QED) is 0.869. The van der Waals surface area contributed by atoms with E-state index in [1.807, 2.05) is 31.2 Å². The summed E-state index contributed by atoms with van der Waals surface area (Å²) in [4.78, 5) is 25.5. The molecule has 1 heterocycles. The molecule has 0 atom stereocenters. The summed E-state index contributed by atoms with van der Waals surface area (Å²) in [5.41, 5.74) is 1.79. The smallest absolute Gasteiger partial charge is 0.410 e. The zero-order chi connectivity index (χ0) is 15.9. The molecule has 1 aliphatic rings. The number of hydrogen-bond acceptors (Lipinski definition) is 3. The highest BCUT2D eigenvalue weighted by molar-refractivity contribution is 5.94. The Bertz CT molecular complexity index is 531. The fourth-order valence-corrected chi connectivity index (χ4v) is 2.40. The summed E-state index contributed by atoms with van der Waals surface area (Å²) in [6.45, 7) is 6.91. The van der Waals surface area contributed by atoms with Gasteiger partial charge in [0.1, 0.15) is 6.61 Å². The molecule has 1 aromatic rings. The summed E-state index contributed by atoms with van der Waals surface area (Å²) in [5, 5.41) is 3.02. The Labute approximate surface area is 130 Å². The lowest BCUT2D eigenvalue weighted by Gasteiger charge is -2.31. The molecule has 0 saturated carbocycles. The lowest BCUT2D eigenvalue weighted by atomic mass is 10.0. The first-order valence-corrected chi connectivity index (χ1v) is 7.50. The van der Waals surface area contributed by atoms with Crippen LogP contribution in [0.15, 0.2) is 36.9 Å². The molecule has 1 fully saturated rings. The van der Waals surface area contributed by atoms with E-state index >= 15 is 0 Å². The Morgan fingerprint density at radius 3 is 2.55 bits per heavy atom. The van der Waals surface area contributed by atoms with Crippen molar-refractivity contribution in [1.29, 1.82) is 0 Å². The molecule has 2 rings (SSSR count). The molecule has 1 N–H and O–H groups in total. The first-order valence-electron chi connectivity index (χ1n) is 7.50.